The molecule has 0 radical (unpaired) electrons. The van der Waals surface area contributed by atoms with Crippen molar-refractivity contribution in [3.63, 3.8) is 0 Å². The van der Waals surface area contributed by atoms with E-state index in [1.54, 1.807) is 18.3 Å². The van der Waals surface area contributed by atoms with Crippen LogP contribution in [0.1, 0.15) is 52.3 Å². The van der Waals surface area contributed by atoms with Crippen LogP contribution in [0.2, 0.25) is 0 Å². The molecule has 1 heterocycles. The maximum Gasteiger partial charge on any atom is 0.270 e. The van der Waals surface area contributed by atoms with Crippen molar-refractivity contribution in [3.05, 3.63) is 171 Å². The number of rotatable bonds is 9. The fourth-order valence-electron chi connectivity index (χ4n) is 5.33. The summed E-state index contributed by atoms with van der Waals surface area (Å²) in [7, 11) is 0. The van der Waals surface area contributed by atoms with Gasteiger partial charge in [0.05, 0.1) is 10.5 Å². The van der Waals surface area contributed by atoms with Gasteiger partial charge in [-0.25, -0.2) is 0 Å². The number of nitro groups is 1. The minimum atomic E-state index is -0.813. The molecule has 0 spiro atoms. The molecule has 0 bridgehead atoms. The van der Waals surface area contributed by atoms with Crippen LogP contribution in [0.4, 0.5) is 11.4 Å². The van der Waals surface area contributed by atoms with E-state index in [2.05, 4.69) is 46.7 Å². The molecule has 0 aliphatic heterocycles. The Kier molecular flexibility index (Phi) is 6.66. The zero-order chi connectivity index (χ0) is 27.5. The molecular weight excluding hydrogens is 496 g/mol. The van der Waals surface area contributed by atoms with Crippen molar-refractivity contribution < 1.29 is 10.3 Å². The smallest absolute Gasteiger partial charge is 0.270 e. The van der Waals surface area contributed by atoms with E-state index in [0.717, 1.165) is 40.8 Å². The minimum Gasteiger partial charge on any atom is -0.367 e. The summed E-state index contributed by atoms with van der Waals surface area (Å²) in [5.74, 6) is 0.456. The number of nitrogens with one attached hydrogen (secondary N) is 1. The van der Waals surface area contributed by atoms with Gasteiger partial charge < -0.3 is 5.32 Å². The van der Waals surface area contributed by atoms with Crippen LogP contribution in [0, 0.1) is 10.1 Å². The lowest BCUT2D eigenvalue weighted by Gasteiger charge is -2.38. The Balaban J connectivity index is 1.56. The van der Waals surface area contributed by atoms with E-state index in [1.165, 1.54) is 6.07 Å². The van der Waals surface area contributed by atoms with E-state index >= 15 is 0 Å². The van der Waals surface area contributed by atoms with Gasteiger partial charge >= 0.3 is 0 Å². The number of nitrogens with two attached hydrogens (primary N) is 1. The molecule has 0 unspecified atom stereocenters. The standard InChI is InChI=1S/C34H28N4O2/c35-33(25-20-21-36-32(22-25)24-16-17-24)30-23-29(38(39)40)18-19-31(30)37-34(26-10-4-1-5-11-26,27-12-6-2-7-13-27)28-14-8-3-9-15-28/h1-15,18-24,35,37H,16-17H2/p+1. The molecule has 6 nitrogen and oxygen atoms in total. The topological polar surface area (TPSA) is 93.7 Å². The summed E-state index contributed by atoms with van der Waals surface area (Å²) < 4.78 is 0. The van der Waals surface area contributed by atoms with E-state index in [-0.39, 0.29) is 10.6 Å². The molecule has 4 aromatic carbocycles. The summed E-state index contributed by atoms with van der Waals surface area (Å²) >= 11 is 0. The lowest BCUT2D eigenvalue weighted by molar-refractivity contribution is -0.384. The van der Waals surface area contributed by atoms with Crippen LogP contribution >= 0.6 is 0 Å². The molecule has 40 heavy (non-hydrogen) atoms. The molecule has 1 aliphatic carbocycles. The van der Waals surface area contributed by atoms with E-state index in [4.69, 9.17) is 5.41 Å². The first-order valence-corrected chi connectivity index (χ1v) is 13.4. The van der Waals surface area contributed by atoms with Crippen LogP contribution < -0.4 is 10.7 Å². The van der Waals surface area contributed by atoms with Gasteiger partial charge in [0.1, 0.15) is 5.54 Å². The Morgan fingerprint density at radius 2 is 1.35 bits per heavy atom. The van der Waals surface area contributed by atoms with Gasteiger partial charge in [-0.05, 0) is 47.7 Å². The lowest BCUT2D eigenvalue weighted by atomic mass is 9.76. The Bertz CT molecular complexity index is 1570. The molecule has 0 amide bonds. The number of aromatic nitrogens is 1. The fraction of sp³-hybridized carbons (Fsp3) is 0.118. The van der Waals surface area contributed by atoms with Gasteiger partial charge in [0, 0.05) is 41.2 Å². The lowest BCUT2D eigenvalue weighted by Crippen LogP contribution is -2.43. The molecular formula is C34H29N4O2+. The number of pyridine rings is 1. The summed E-state index contributed by atoms with van der Waals surface area (Å²) in [4.78, 5) is 16.0. The number of anilines is 1. The first-order valence-electron chi connectivity index (χ1n) is 13.4. The van der Waals surface area contributed by atoms with Crippen molar-refractivity contribution in [2.45, 2.75) is 24.3 Å². The molecule has 1 saturated carbocycles. The third kappa shape index (κ3) is 4.76. The number of hydrogen-bond donors (Lipinski definition) is 2. The van der Waals surface area contributed by atoms with E-state index in [1.807, 2.05) is 66.7 Å². The third-order valence-electron chi connectivity index (χ3n) is 7.53. The Morgan fingerprint density at radius 1 is 0.800 bits per heavy atom. The van der Waals surface area contributed by atoms with E-state index in [0.29, 0.717) is 22.9 Å². The highest BCUT2D eigenvalue weighted by Gasteiger charge is 2.38. The van der Waals surface area contributed by atoms with Gasteiger partial charge in [-0.15, -0.1) is 0 Å². The molecule has 0 saturated heterocycles. The van der Waals surface area contributed by atoms with Crippen LogP contribution in [0.15, 0.2) is 128 Å². The summed E-state index contributed by atoms with van der Waals surface area (Å²) in [6.45, 7) is 0. The molecule has 1 fully saturated rings. The second-order valence-corrected chi connectivity index (χ2v) is 10.1. The van der Waals surface area contributed by atoms with E-state index < -0.39 is 5.54 Å². The average molecular weight is 526 g/mol. The summed E-state index contributed by atoms with van der Waals surface area (Å²) in [5.41, 5.74) is 5.74. The first kappa shape index (κ1) is 25.2. The number of nitro benzene ring substituents is 1. The highest BCUT2D eigenvalue weighted by atomic mass is 16.6. The monoisotopic (exact) mass is 525 g/mol. The molecule has 1 aliphatic rings. The predicted octanol–water partition coefficient (Wildman–Crippen LogP) is 5.87. The Morgan fingerprint density at radius 3 is 1.85 bits per heavy atom. The molecule has 6 heteroatoms. The quantitative estimate of drug-likeness (QED) is 0.109. The van der Waals surface area contributed by atoms with Crippen molar-refractivity contribution in [2.24, 2.45) is 0 Å². The molecule has 0 atom stereocenters. The second-order valence-electron chi connectivity index (χ2n) is 10.1. The number of benzene rings is 4. The van der Waals surface area contributed by atoms with Gasteiger partial charge in [0.15, 0.2) is 0 Å². The second kappa shape index (κ2) is 10.6. The van der Waals surface area contributed by atoms with Crippen molar-refractivity contribution in [2.75, 3.05) is 5.32 Å². The third-order valence-corrected chi connectivity index (χ3v) is 7.53. The summed E-state index contributed by atoms with van der Waals surface area (Å²) in [5, 5.41) is 22.5. The molecule has 196 valence electrons. The molecule has 3 N–H and O–H groups in total. The SMILES string of the molecule is [NH2+]=C(c1ccnc(C2CC2)c1)c1cc([N+](=O)[O-])ccc1NC(c1ccccc1)(c1ccccc1)c1ccccc1. The zero-order valence-electron chi connectivity index (χ0n) is 21.9. The molecule has 5 aromatic rings. The van der Waals surface area contributed by atoms with Crippen LogP contribution in [0.5, 0.6) is 0 Å². The van der Waals surface area contributed by atoms with Crippen LogP contribution in [0.3, 0.4) is 0 Å². The normalized spacial score (nSPS) is 13.0. The van der Waals surface area contributed by atoms with Gasteiger partial charge in [0.25, 0.3) is 5.69 Å². The van der Waals surface area contributed by atoms with Crippen molar-refractivity contribution in [1.82, 2.24) is 4.98 Å². The largest absolute Gasteiger partial charge is 0.367 e. The zero-order valence-corrected chi connectivity index (χ0v) is 21.9. The Labute approximate surface area is 233 Å². The number of non-ortho nitro benzene ring substituents is 1. The maximum absolute atomic E-state index is 11.8. The highest BCUT2D eigenvalue weighted by Crippen LogP contribution is 2.42. The first-order chi connectivity index (χ1) is 19.6. The van der Waals surface area contributed by atoms with E-state index in [9.17, 15) is 10.1 Å². The summed E-state index contributed by atoms with van der Waals surface area (Å²) in [6, 6.07) is 39.4. The van der Waals surface area contributed by atoms with Gasteiger partial charge in [-0.2, -0.15) is 0 Å². The van der Waals surface area contributed by atoms with Crippen molar-refractivity contribution >= 4 is 17.1 Å². The fourth-order valence-corrected chi connectivity index (χ4v) is 5.33. The number of hydrogen-bond acceptors (Lipinski definition) is 4. The average Bonchev–Trinajstić information content (AvgIpc) is 3.87. The van der Waals surface area contributed by atoms with Crippen LogP contribution in [0.25, 0.3) is 0 Å². The minimum absolute atomic E-state index is 0.0234. The van der Waals surface area contributed by atoms with Gasteiger partial charge in [-0.3, -0.25) is 20.5 Å². The molecule has 1 aromatic heterocycles. The highest BCUT2D eigenvalue weighted by molar-refractivity contribution is 6.12. The van der Waals surface area contributed by atoms with Gasteiger partial charge in [-0.1, -0.05) is 91.0 Å². The van der Waals surface area contributed by atoms with Crippen molar-refractivity contribution in [1.29, 1.82) is 0 Å². The maximum atomic E-state index is 11.8. The predicted molar refractivity (Wildman–Crippen MR) is 157 cm³/mol. The summed E-state index contributed by atoms with van der Waals surface area (Å²) in [6.07, 6.45) is 4.00. The Hall–Kier alpha value is -5.10. The number of nitrogens with zero attached hydrogens (tertiary/aromatic N) is 2. The van der Waals surface area contributed by atoms with Crippen molar-refractivity contribution in [3.8, 4) is 0 Å². The van der Waals surface area contributed by atoms with Crippen LogP contribution in [-0.2, 0) is 5.54 Å². The van der Waals surface area contributed by atoms with Crippen LogP contribution in [-0.4, -0.2) is 15.6 Å². The van der Waals surface area contributed by atoms with Gasteiger partial charge in [0.2, 0.25) is 5.71 Å². The molecule has 6 rings (SSSR count).